The van der Waals surface area contributed by atoms with Crippen LogP contribution < -0.4 is 11.1 Å². The molecular weight excluding hydrogens is 260 g/mol. The van der Waals surface area contributed by atoms with Gasteiger partial charge >= 0.3 is 5.69 Å². The summed E-state index contributed by atoms with van der Waals surface area (Å²) in [6.45, 7) is 0.606. The molecule has 0 fully saturated rings. The van der Waals surface area contributed by atoms with Crippen molar-refractivity contribution in [1.82, 2.24) is 4.98 Å². The van der Waals surface area contributed by atoms with E-state index in [1.165, 1.54) is 12.1 Å². The average Bonchev–Trinajstić information content (AvgIpc) is 2.41. The normalized spacial score (nSPS) is 10.2. The first-order valence-electron chi connectivity index (χ1n) is 5.99. The van der Waals surface area contributed by atoms with Gasteiger partial charge < -0.3 is 16.2 Å². The van der Waals surface area contributed by atoms with Crippen LogP contribution >= 0.6 is 0 Å². The van der Waals surface area contributed by atoms with Gasteiger partial charge in [-0.05, 0) is 30.2 Å². The largest absolute Gasteiger partial charge is 0.508 e. The maximum atomic E-state index is 10.6. The third kappa shape index (κ3) is 3.35. The first-order valence-corrected chi connectivity index (χ1v) is 5.99. The molecule has 0 saturated heterocycles. The number of anilines is 2. The van der Waals surface area contributed by atoms with E-state index in [0.717, 1.165) is 12.0 Å². The van der Waals surface area contributed by atoms with Gasteiger partial charge in [-0.3, -0.25) is 10.1 Å². The summed E-state index contributed by atoms with van der Waals surface area (Å²) in [6, 6.07) is 9.74. The van der Waals surface area contributed by atoms with Crippen molar-refractivity contribution in [2.45, 2.75) is 6.42 Å². The number of nitrogens with two attached hydrogens (primary N) is 1. The molecule has 104 valence electrons. The fourth-order valence-electron chi connectivity index (χ4n) is 1.72. The lowest BCUT2D eigenvalue weighted by molar-refractivity contribution is -0.384. The number of benzene rings is 1. The number of phenols is 1. The Kier molecular flexibility index (Phi) is 3.99. The van der Waals surface area contributed by atoms with E-state index >= 15 is 0 Å². The van der Waals surface area contributed by atoms with Crippen molar-refractivity contribution in [1.29, 1.82) is 0 Å². The highest BCUT2D eigenvalue weighted by Gasteiger charge is 2.12. The summed E-state index contributed by atoms with van der Waals surface area (Å²) < 4.78 is 0. The van der Waals surface area contributed by atoms with Crippen LogP contribution in [0.2, 0.25) is 0 Å². The highest BCUT2D eigenvalue weighted by Crippen LogP contribution is 2.20. The Balaban J connectivity index is 1.92. The standard InChI is InChI=1S/C13H14N4O3/c14-13-11(17(19)20)5-6-12(16-13)15-8-7-9-1-3-10(18)4-2-9/h1-6,18H,7-8H2,(H3,14,15,16). The summed E-state index contributed by atoms with van der Waals surface area (Å²) in [5.74, 6) is 0.614. The number of phenolic OH excluding ortho intramolecular Hbond substituents is 1. The molecular formula is C13H14N4O3. The molecule has 0 atom stereocenters. The maximum absolute atomic E-state index is 10.6. The Bertz CT molecular complexity index is 614. The van der Waals surface area contributed by atoms with E-state index in [2.05, 4.69) is 10.3 Å². The number of pyridine rings is 1. The molecule has 0 spiro atoms. The summed E-state index contributed by atoms with van der Waals surface area (Å²) in [7, 11) is 0. The van der Waals surface area contributed by atoms with Gasteiger partial charge in [0.05, 0.1) is 4.92 Å². The van der Waals surface area contributed by atoms with Gasteiger partial charge in [0.2, 0.25) is 5.82 Å². The summed E-state index contributed by atoms with van der Waals surface area (Å²) in [6.07, 6.45) is 0.735. The van der Waals surface area contributed by atoms with Gasteiger partial charge in [-0.15, -0.1) is 0 Å². The van der Waals surface area contributed by atoms with Crippen LogP contribution in [0.1, 0.15) is 5.56 Å². The zero-order valence-electron chi connectivity index (χ0n) is 10.6. The molecule has 2 rings (SSSR count). The number of nitrogens with zero attached hydrogens (tertiary/aromatic N) is 2. The number of hydrogen-bond donors (Lipinski definition) is 3. The van der Waals surface area contributed by atoms with Crippen LogP contribution in [0.15, 0.2) is 36.4 Å². The molecule has 0 radical (unpaired) electrons. The molecule has 7 nitrogen and oxygen atoms in total. The molecule has 2 aromatic rings. The topological polar surface area (TPSA) is 114 Å². The average molecular weight is 274 g/mol. The van der Waals surface area contributed by atoms with Gasteiger partial charge in [0.1, 0.15) is 11.6 Å². The van der Waals surface area contributed by atoms with E-state index in [1.807, 2.05) is 12.1 Å². The van der Waals surface area contributed by atoms with E-state index in [0.29, 0.717) is 12.4 Å². The lowest BCUT2D eigenvalue weighted by Crippen LogP contribution is -2.08. The molecule has 0 aliphatic rings. The number of hydrogen-bond acceptors (Lipinski definition) is 6. The first-order chi connectivity index (χ1) is 9.56. The Morgan fingerprint density at radius 1 is 1.25 bits per heavy atom. The molecule has 1 aromatic carbocycles. The summed E-state index contributed by atoms with van der Waals surface area (Å²) in [5.41, 5.74) is 6.36. The second-order valence-corrected chi connectivity index (χ2v) is 4.20. The van der Waals surface area contributed by atoms with Gasteiger partial charge in [0, 0.05) is 12.6 Å². The van der Waals surface area contributed by atoms with Crippen LogP contribution in [0, 0.1) is 10.1 Å². The summed E-state index contributed by atoms with van der Waals surface area (Å²) in [4.78, 5) is 14.0. The smallest absolute Gasteiger partial charge is 0.311 e. The molecule has 1 aromatic heterocycles. The maximum Gasteiger partial charge on any atom is 0.311 e. The quantitative estimate of drug-likeness (QED) is 0.567. The minimum Gasteiger partial charge on any atom is -0.508 e. The van der Waals surface area contributed by atoms with Crippen molar-refractivity contribution in [2.24, 2.45) is 0 Å². The van der Waals surface area contributed by atoms with Crippen molar-refractivity contribution in [3.63, 3.8) is 0 Å². The molecule has 20 heavy (non-hydrogen) atoms. The number of aromatic hydroxyl groups is 1. The van der Waals surface area contributed by atoms with Gasteiger partial charge in [0.15, 0.2) is 0 Å². The zero-order chi connectivity index (χ0) is 14.5. The van der Waals surface area contributed by atoms with Gasteiger partial charge in [0.25, 0.3) is 0 Å². The van der Waals surface area contributed by atoms with Gasteiger partial charge in [-0.1, -0.05) is 12.1 Å². The molecule has 0 saturated carbocycles. The third-order valence-electron chi connectivity index (χ3n) is 2.76. The monoisotopic (exact) mass is 274 g/mol. The van der Waals surface area contributed by atoms with Crippen molar-refractivity contribution in [3.8, 4) is 5.75 Å². The van der Waals surface area contributed by atoms with E-state index in [-0.39, 0.29) is 17.3 Å². The van der Waals surface area contributed by atoms with Gasteiger partial charge in [-0.25, -0.2) is 4.98 Å². The van der Waals surface area contributed by atoms with Crippen LogP contribution in [0.5, 0.6) is 5.75 Å². The van der Waals surface area contributed by atoms with E-state index in [1.54, 1.807) is 12.1 Å². The van der Waals surface area contributed by atoms with Crippen molar-refractivity contribution in [2.75, 3.05) is 17.6 Å². The fourth-order valence-corrected chi connectivity index (χ4v) is 1.72. The predicted molar refractivity (Wildman–Crippen MR) is 75.6 cm³/mol. The molecule has 0 aliphatic carbocycles. The molecule has 0 aliphatic heterocycles. The van der Waals surface area contributed by atoms with Gasteiger partial charge in [-0.2, -0.15) is 0 Å². The zero-order valence-corrected chi connectivity index (χ0v) is 10.6. The van der Waals surface area contributed by atoms with Crippen LogP contribution in [0.4, 0.5) is 17.3 Å². The minimum atomic E-state index is -0.567. The lowest BCUT2D eigenvalue weighted by Gasteiger charge is -2.06. The number of rotatable bonds is 5. The second kappa shape index (κ2) is 5.87. The van der Waals surface area contributed by atoms with E-state index in [9.17, 15) is 10.1 Å². The molecule has 1 heterocycles. The summed E-state index contributed by atoms with van der Waals surface area (Å²) in [5, 5.41) is 22.8. The first kappa shape index (κ1) is 13.6. The third-order valence-corrected chi connectivity index (χ3v) is 2.76. The molecule has 0 unspecified atom stereocenters. The number of aromatic nitrogens is 1. The van der Waals surface area contributed by atoms with E-state index in [4.69, 9.17) is 10.8 Å². The van der Waals surface area contributed by atoms with Crippen molar-refractivity contribution < 1.29 is 10.0 Å². The summed E-state index contributed by atoms with van der Waals surface area (Å²) >= 11 is 0. The Hall–Kier alpha value is -2.83. The van der Waals surface area contributed by atoms with Crippen LogP contribution in [0.3, 0.4) is 0 Å². The van der Waals surface area contributed by atoms with Crippen molar-refractivity contribution in [3.05, 3.63) is 52.1 Å². The Morgan fingerprint density at radius 3 is 2.55 bits per heavy atom. The minimum absolute atomic E-state index is 0.107. The van der Waals surface area contributed by atoms with Crippen LogP contribution in [-0.4, -0.2) is 21.6 Å². The highest BCUT2D eigenvalue weighted by molar-refractivity contribution is 5.57. The van der Waals surface area contributed by atoms with Crippen LogP contribution in [-0.2, 0) is 6.42 Å². The number of nitrogens with one attached hydrogen (secondary N) is 1. The predicted octanol–water partition coefficient (Wildman–Crippen LogP) is 1.93. The molecule has 0 bridgehead atoms. The molecule has 4 N–H and O–H groups in total. The molecule has 7 heteroatoms. The molecule has 0 amide bonds. The lowest BCUT2D eigenvalue weighted by atomic mass is 10.1. The second-order valence-electron chi connectivity index (χ2n) is 4.20. The SMILES string of the molecule is Nc1nc(NCCc2ccc(O)cc2)ccc1[N+](=O)[O-]. The Morgan fingerprint density at radius 2 is 1.95 bits per heavy atom. The highest BCUT2D eigenvalue weighted by atomic mass is 16.6. The number of nitrogen functional groups attached to an aromatic ring is 1. The Labute approximate surface area is 115 Å². The van der Waals surface area contributed by atoms with Crippen molar-refractivity contribution >= 4 is 17.3 Å². The number of nitro groups is 1. The van der Waals surface area contributed by atoms with E-state index < -0.39 is 4.92 Å². The fraction of sp³-hybridized carbons (Fsp3) is 0.154. The van der Waals surface area contributed by atoms with Crippen LogP contribution in [0.25, 0.3) is 0 Å².